The van der Waals surface area contributed by atoms with Crippen LogP contribution in [0.15, 0.2) is 53.4 Å². The largest absolute Gasteiger partial charge is 0.309 e. The van der Waals surface area contributed by atoms with E-state index >= 15 is 0 Å². The van der Waals surface area contributed by atoms with Crippen molar-refractivity contribution in [2.24, 2.45) is 0 Å². The van der Waals surface area contributed by atoms with Crippen LogP contribution in [0.1, 0.15) is 22.8 Å². The molecule has 116 valence electrons. The summed E-state index contributed by atoms with van der Waals surface area (Å²) in [5.41, 5.74) is 2.38. The molecule has 0 atom stereocenters. The Balaban J connectivity index is 2.33. The van der Waals surface area contributed by atoms with Gasteiger partial charge in [0.15, 0.2) is 9.84 Å². The van der Waals surface area contributed by atoms with Crippen LogP contribution in [-0.2, 0) is 9.84 Å². The van der Waals surface area contributed by atoms with Crippen molar-refractivity contribution in [1.82, 2.24) is 0 Å². The second-order valence-corrected chi connectivity index (χ2v) is 7.20. The topological polar surface area (TPSA) is 54.5 Å². The predicted octanol–water partition coefficient (Wildman–Crippen LogP) is 3.07. The molecule has 0 bridgehead atoms. The van der Waals surface area contributed by atoms with Crippen LogP contribution in [0.2, 0.25) is 0 Å². The third kappa shape index (κ3) is 3.54. The molecule has 0 aliphatic carbocycles. The number of benzene rings is 2. The number of amides is 1. The minimum Gasteiger partial charge on any atom is -0.309 e. The Morgan fingerprint density at radius 2 is 1.73 bits per heavy atom. The van der Waals surface area contributed by atoms with Gasteiger partial charge < -0.3 is 4.90 Å². The van der Waals surface area contributed by atoms with Gasteiger partial charge in [0.05, 0.1) is 4.90 Å². The first-order valence-electron chi connectivity index (χ1n) is 7.01. The van der Waals surface area contributed by atoms with E-state index in [1.54, 1.807) is 17.0 Å². The van der Waals surface area contributed by atoms with Gasteiger partial charge in [0.2, 0.25) is 0 Å². The Kier molecular flexibility index (Phi) is 4.66. The molecule has 0 aliphatic rings. The third-order valence-corrected chi connectivity index (χ3v) is 4.53. The van der Waals surface area contributed by atoms with Crippen molar-refractivity contribution in [3.05, 3.63) is 59.7 Å². The van der Waals surface area contributed by atoms with Crippen LogP contribution in [0.4, 0.5) is 5.69 Å². The van der Waals surface area contributed by atoms with Crippen LogP contribution in [0.5, 0.6) is 0 Å². The first kappa shape index (κ1) is 16.2. The zero-order valence-electron chi connectivity index (χ0n) is 12.9. The van der Waals surface area contributed by atoms with Crippen LogP contribution in [0.25, 0.3) is 0 Å². The second-order valence-electron chi connectivity index (χ2n) is 5.18. The molecule has 0 saturated heterocycles. The number of sulfone groups is 1. The molecule has 0 heterocycles. The standard InChI is InChI=1S/C17H19NO3S/c1-4-18(15-7-5-6-13(2)12-15)17(19)14-8-10-16(11-9-14)22(3,20)21/h5-12H,4H2,1-3H3. The summed E-state index contributed by atoms with van der Waals surface area (Å²) >= 11 is 0. The minimum absolute atomic E-state index is 0.145. The Morgan fingerprint density at radius 1 is 1.09 bits per heavy atom. The normalized spacial score (nSPS) is 11.2. The van der Waals surface area contributed by atoms with Gasteiger partial charge in [0, 0.05) is 24.1 Å². The predicted molar refractivity (Wildman–Crippen MR) is 88.1 cm³/mol. The molecule has 0 fully saturated rings. The Labute approximate surface area is 131 Å². The van der Waals surface area contributed by atoms with Gasteiger partial charge in [0.25, 0.3) is 5.91 Å². The number of carbonyl (C=O) groups excluding carboxylic acids is 1. The van der Waals surface area contributed by atoms with Gasteiger partial charge in [-0.15, -0.1) is 0 Å². The molecule has 0 aromatic heterocycles. The highest BCUT2D eigenvalue weighted by atomic mass is 32.2. The molecular weight excluding hydrogens is 298 g/mol. The molecule has 2 aromatic rings. The van der Waals surface area contributed by atoms with Crippen LogP contribution < -0.4 is 4.90 Å². The summed E-state index contributed by atoms with van der Waals surface area (Å²) in [6, 6.07) is 13.8. The molecule has 0 aliphatic heterocycles. The first-order chi connectivity index (χ1) is 10.3. The fourth-order valence-corrected chi connectivity index (χ4v) is 2.87. The van der Waals surface area contributed by atoms with Crippen molar-refractivity contribution in [3.8, 4) is 0 Å². The van der Waals surface area contributed by atoms with E-state index in [1.165, 1.54) is 12.1 Å². The number of carbonyl (C=O) groups is 1. The average Bonchev–Trinajstić information content (AvgIpc) is 2.47. The highest BCUT2D eigenvalue weighted by Gasteiger charge is 2.17. The lowest BCUT2D eigenvalue weighted by Crippen LogP contribution is -2.30. The Morgan fingerprint density at radius 3 is 2.23 bits per heavy atom. The van der Waals surface area contributed by atoms with E-state index in [2.05, 4.69) is 0 Å². The molecule has 5 heteroatoms. The summed E-state index contributed by atoms with van der Waals surface area (Å²) in [4.78, 5) is 14.5. The van der Waals surface area contributed by atoms with Crippen molar-refractivity contribution >= 4 is 21.4 Å². The summed E-state index contributed by atoms with van der Waals surface area (Å²) in [6.07, 6.45) is 1.15. The molecule has 4 nitrogen and oxygen atoms in total. The maximum absolute atomic E-state index is 12.6. The van der Waals surface area contributed by atoms with E-state index < -0.39 is 9.84 Å². The number of hydrogen-bond acceptors (Lipinski definition) is 3. The molecule has 2 rings (SSSR count). The van der Waals surface area contributed by atoms with E-state index in [1.807, 2.05) is 38.1 Å². The zero-order valence-corrected chi connectivity index (χ0v) is 13.7. The van der Waals surface area contributed by atoms with Crippen molar-refractivity contribution in [2.75, 3.05) is 17.7 Å². The Hall–Kier alpha value is -2.14. The Bertz CT molecular complexity index is 780. The van der Waals surface area contributed by atoms with Crippen molar-refractivity contribution in [3.63, 3.8) is 0 Å². The minimum atomic E-state index is -3.25. The molecule has 0 unspecified atom stereocenters. The molecule has 2 aromatic carbocycles. The second kappa shape index (κ2) is 6.32. The van der Waals surface area contributed by atoms with E-state index in [0.717, 1.165) is 17.5 Å². The zero-order chi connectivity index (χ0) is 16.3. The molecule has 22 heavy (non-hydrogen) atoms. The first-order valence-corrected chi connectivity index (χ1v) is 8.90. The van der Waals surface area contributed by atoms with Gasteiger partial charge in [-0.2, -0.15) is 0 Å². The van der Waals surface area contributed by atoms with Gasteiger partial charge in [-0.3, -0.25) is 4.79 Å². The molecule has 1 amide bonds. The van der Waals surface area contributed by atoms with Gasteiger partial charge in [-0.25, -0.2) is 8.42 Å². The van der Waals surface area contributed by atoms with Gasteiger partial charge in [0.1, 0.15) is 0 Å². The average molecular weight is 317 g/mol. The summed E-state index contributed by atoms with van der Waals surface area (Å²) in [5.74, 6) is -0.145. The SMILES string of the molecule is CCN(C(=O)c1ccc(S(C)(=O)=O)cc1)c1cccc(C)c1. The lowest BCUT2D eigenvalue weighted by atomic mass is 10.1. The lowest BCUT2D eigenvalue weighted by molar-refractivity contribution is 0.0988. The monoisotopic (exact) mass is 317 g/mol. The van der Waals surface area contributed by atoms with E-state index in [0.29, 0.717) is 12.1 Å². The van der Waals surface area contributed by atoms with E-state index in [9.17, 15) is 13.2 Å². The summed E-state index contributed by atoms with van der Waals surface area (Å²) < 4.78 is 22.9. The van der Waals surface area contributed by atoms with Gasteiger partial charge in [-0.05, 0) is 55.8 Å². The van der Waals surface area contributed by atoms with Crippen LogP contribution in [0, 0.1) is 6.92 Å². The summed E-state index contributed by atoms with van der Waals surface area (Å²) in [6.45, 7) is 4.42. The summed E-state index contributed by atoms with van der Waals surface area (Å²) in [7, 11) is -3.25. The van der Waals surface area contributed by atoms with Crippen molar-refractivity contribution in [1.29, 1.82) is 0 Å². The molecule has 0 N–H and O–H groups in total. The fraction of sp³-hybridized carbons (Fsp3) is 0.235. The third-order valence-electron chi connectivity index (χ3n) is 3.40. The van der Waals surface area contributed by atoms with Crippen molar-refractivity contribution < 1.29 is 13.2 Å². The maximum Gasteiger partial charge on any atom is 0.258 e. The number of nitrogens with zero attached hydrogens (tertiary/aromatic N) is 1. The number of hydrogen-bond donors (Lipinski definition) is 0. The maximum atomic E-state index is 12.6. The molecule has 0 radical (unpaired) electrons. The molecule has 0 saturated carbocycles. The quantitative estimate of drug-likeness (QED) is 0.871. The van der Waals surface area contributed by atoms with Crippen LogP contribution in [0.3, 0.4) is 0 Å². The van der Waals surface area contributed by atoms with E-state index in [-0.39, 0.29) is 10.8 Å². The number of anilines is 1. The van der Waals surface area contributed by atoms with Crippen LogP contribution >= 0.6 is 0 Å². The number of rotatable bonds is 4. The molecular formula is C17H19NO3S. The number of aryl methyl sites for hydroxylation is 1. The van der Waals surface area contributed by atoms with Gasteiger partial charge >= 0.3 is 0 Å². The van der Waals surface area contributed by atoms with Gasteiger partial charge in [-0.1, -0.05) is 12.1 Å². The van der Waals surface area contributed by atoms with Crippen molar-refractivity contribution in [2.45, 2.75) is 18.7 Å². The lowest BCUT2D eigenvalue weighted by Gasteiger charge is -2.21. The highest BCUT2D eigenvalue weighted by Crippen LogP contribution is 2.19. The summed E-state index contributed by atoms with van der Waals surface area (Å²) in [5, 5.41) is 0. The van der Waals surface area contributed by atoms with E-state index in [4.69, 9.17) is 0 Å². The highest BCUT2D eigenvalue weighted by molar-refractivity contribution is 7.90. The van der Waals surface area contributed by atoms with Crippen LogP contribution in [-0.4, -0.2) is 27.1 Å². The fourth-order valence-electron chi connectivity index (χ4n) is 2.24. The molecule has 0 spiro atoms. The smallest absolute Gasteiger partial charge is 0.258 e.